The van der Waals surface area contributed by atoms with E-state index in [0.29, 0.717) is 28.5 Å². The molecule has 0 unspecified atom stereocenters. The summed E-state index contributed by atoms with van der Waals surface area (Å²) < 4.78 is 69.8. The summed E-state index contributed by atoms with van der Waals surface area (Å²) in [5.41, 5.74) is 7.83. The quantitative estimate of drug-likeness (QED) is 0.171. The Morgan fingerprint density at radius 2 is 1.14 bits per heavy atom. The first kappa shape index (κ1) is 25.3. The van der Waals surface area contributed by atoms with Crippen molar-refractivity contribution in [2.45, 2.75) is 0 Å². The second-order valence-corrected chi connectivity index (χ2v) is 13.3. The van der Waals surface area contributed by atoms with Gasteiger partial charge in [-0.15, -0.1) is 0 Å². The normalized spacial score (nSPS) is 13.3. The third-order valence-corrected chi connectivity index (χ3v) is 10.1. The number of aromatic nitrogens is 5. The molecule has 262 valence electrons. The molecule has 56 heavy (non-hydrogen) atoms. The van der Waals surface area contributed by atoms with Gasteiger partial charge in [0.25, 0.3) is 0 Å². The Kier molecular flexibility index (Phi) is 5.89. The Labute approximate surface area is 331 Å². The topological polar surface area (TPSA) is 69.6 Å². The van der Waals surface area contributed by atoms with Crippen molar-refractivity contribution in [1.29, 1.82) is 0 Å². The van der Waals surface area contributed by atoms with E-state index in [1.54, 1.807) is 29.1 Å². The summed E-state index contributed by atoms with van der Waals surface area (Å²) in [4.78, 5) is 19.5. The standard InChI is InChI=1S/C50H31N5O/c1-5-21-43-38(15-1)39-16-2-6-22-44(39)55(43)45-23-7-3-18-42(45)50-53-48(33-27-25-32(26-28-33)36-14-11-29-51-31-36)52-49(54-50)35-13-9-12-34(30-35)37-19-10-20-41-40-17-4-8-24-46(40)56-47(37)41/h1-31H/i1D,2D,5D,15D,16D,21D,22D. The van der Waals surface area contributed by atoms with E-state index in [9.17, 15) is 0 Å². The molecule has 0 saturated heterocycles. The van der Waals surface area contributed by atoms with Crippen LogP contribution < -0.4 is 0 Å². The Bertz CT molecular complexity index is 3660. The molecule has 0 amide bonds. The Morgan fingerprint density at radius 1 is 0.464 bits per heavy atom. The lowest BCUT2D eigenvalue weighted by Gasteiger charge is -2.15. The third-order valence-electron chi connectivity index (χ3n) is 10.1. The van der Waals surface area contributed by atoms with Crippen molar-refractivity contribution in [1.82, 2.24) is 24.5 Å². The highest BCUT2D eigenvalue weighted by atomic mass is 16.3. The smallest absolute Gasteiger partial charge is 0.166 e. The first-order valence-corrected chi connectivity index (χ1v) is 18.0. The second-order valence-electron chi connectivity index (χ2n) is 13.3. The summed E-state index contributed by atoms with van der Waals surface area (Å²) in [5.74, 6) is 1.01. The van der Waals surface area contributed by atoms with Crippen molar-refractivity contribution in [3.63, 3.8) is 0 Å². The molecule has 0 aliphatic rings. The Hall–Kier alpha value is -7.70. The minimum atomic E-state index is -0.471. The zero-order chi connectivity index (χ0) is 43.1. The van der Waals surface area contributed by atoms with Gasteiger partial charge in [-0.25, -0.2) is 15.0 Å². The molecule has 0 radical (unpaired) electrons. The average Bonchev–Trinajstić information content (AvgIpc) is 3.90. The van der Waals surface area contributed by atoms with Crippen molar-refractivity contribution in [3.05, 3.63) is 188 Å². The molecule has 6 nitrogen and oxygen atoms in total. The van der Waals surface area contributed by atoms with E-state index in [1.165, 1.54) is 6.07 Å². The molecule has 0 fully saturated rings. The molecule has 11 aromatic rings. The molecule has 0 aliphatic carbocycles. The molecule has 0 saturated carbocycles. The summed E-state index contributed by atoms with van der Waals surface area (Å²) in [6, 6.07) is 39.9. The number of rotatable bonds is 6. The summed E-state index contributed by atoms with van der Waals surface area (Å²) in [6.07, 6.45) is 3.53. The van der Waals surface area contributed by atoms with Gasteiger partial charge < -0.3 is 8.98 Å². The van der Waals surface area contributed by atoms with E-state index in [0.717, 1.165) is 49.8 Å². The van der Waals surface area contributed by atoms with Crippen molar-refractivity contribution < 1.29 is 14.0 Å². The van der Waals surface area contributed by atoms with Crippen LogP contribution in [0.4, 0.5) is 0 Å². The number of furan rings is 1. The molecule has 0 bridgehead atoms. The maximum atomic E-state index is 9.13. The molecular weight excluding hydrogens is 687 g/mol. The minimum absolute atomic E-state index is 0.0559. The first-order valence-electron chi connectivity index (χ1n) is 21.5. The van der Waals surface area contributed by atoms with E-state index < -0.39 is 12.1 Å². The average molecular weight is 725 g/mol. The number of benzene rings is 7. The van der Waals surface area contributed by atoms with Gasteiger partial charge in [-0.3, -0.25) is 4.98 Å². The van der Waals surface area contributed by atoms with Crippen LogP contribution in [-0.2, 0) is 0 Å². The molecule has 4 heterocycles. The highest BCUT2D eigenvalue weighted by molar-refractivity contribution is 6.10. The number of fused-ring (bicyclic) bond motifs is 6. The molecule has 11 rings (SSSR count). The monoisotopic (exact) mass is 724 g/mol. The van der Waals surface area contributed by atoms with Crippen LogP contribution in [0.15, 0.2) is 193 Å². The van der Waals surface area contributed by atoms with Crippen LogP contribution in [-0.4, -0.2) is 24.5 Å². The van der Waals surface area contributed by atoms with Crippen LogP contribution in [0.2, 0.25) is 0 Å². The van der Waals surface area contributed by atoms with Gasteiger partial charge in [0.1, 0.15) is 11.2 Å². The molecular formula is C50H31N5O. The zero-order valence-corrected chi connectivity index (χ0v) is 29.5. The third kappa shape index (κ3) is 5.27. The highest BCUT2D eigenvalue weighted by Crippen LogP contribution is 2.39. The van der Waals surface area contributed by atoms with Gasteiger partial charge in [0.15, 0.2) is 17.5 Å². The Morgan fingerprint density at radius 3 is 2.04 bits per heavy atom. The maximum absolute atomic E-state index is 9.13. The van der Waals surface area contributed by atoms with Crippen LogP contribution in [0.1, 0.15) is 9.60 Å². The lowest BCUT2D eigenvalue weighted by Crippen LogP contribution is -2.03. The number of para-hydroxylation sites is 5. The van der Waals surface area contributed by atoms with Gasteiger partial charge in [-0.1, -0.05) is 133 Å². The van der Waals surface area contributed by atoms with Gasteiger partial charge in [-0.05, 0) is 59.1 Å². The van der Waals surface area contributed by atoms with Crippen LogP contribution >= 0.6 is 0 Å². The van der Waals surface area contributed by atoms with Gasteiger partial charge in [-0.2, -0.15) is 0 Å². The minimum Gasteiger partial charge on any atom is -0.455 e. The molecule has 6 heteroatoms. The maximum Gasteiger partial charge on any atom is 0.166 e. The summed E-state index contributed by atoms with van der Waals surface area (Å²) >= 11 is 0. The predicted molar refractivity (Wildman–Crippen MR) is 226 cm³/mol. The van der Waals surface area contributed by atoms with Gasteiger partial charge in [0, 0.05) is 56.2 Å². The van der Waals surface area contributed by atoms with Crippen molar-refractivity contribution in [2.24, 2.45) is 0 Å². The molecule has 0 aliphatic heterocycles. The summed E-state index contributed by atoms with van der Waals surface area (Å²) in [7, 11) is 0. The lowest BCUT2D eigenvalue weighted by atomic mass is 10.00. The first-order chi connectivity index (χ1) is 30.7. The van der Waals surface area contributed by atoms with Crippen molar-refractivity contribution in [2.75, 3.05) is 0 Å². The number of hydrogen-bond acceptors (Lipinski definition) is 5. The van der Waals surface area contributed by atoms with Gasteiger partial charge in [0.05, 0.1) is 26.3 Å². The van der Waals surface area contributed by atoms with Crippen molar-refractivity contribution >= 4 is 43.7 Å². The van der Waals surface area contributed by atoms with Crippen LogP contribution in [0, 0.1) is 0 Å². The van der Waals surface area contributed by atoms with Gasteiger partial charge in [0.2, 0.25) is 0 Å². The largest absolute Gasteiger partial charge is 0.455 e. The molecule has 7 aromatic carbocycles. The lowest BCUT2D eigenvalue weighted by molar-refractivity contribution is 0.670. The van der Waals surface area contributed by atoms with Crippen molar-refractivity contribution in [3.8, 4) is 62.1 Å². The van der Waals surface area contributed by atoms with E-state index >= 15 is 0 Å². The van der Waals surface area contributed by atoms with E-state index in [4.69, 9.17) is 29.0 Å². The SMILES string of the molecule is [2H]c1cc([2H])c2c(c1[2H])c1c([2H])c([2H])c([2H])c([2H])c1n2-c1ccccc1-c1nc(-c2ccc(-c3cccnc3)cc2)nc(-c2cccc(-c3cccc4c3oc3ccccc34)c2)n1. The fourth-order valence-corrected chi connectivity index (χ4v) is 7.47. The predicted octanol–water partition coefficient (Wildman–Crippen LogP) is 12.6. The number of nitrogens with zero attached hydrogens (tertiary/aromatic N) is 5. The fourth-order valence-electron chi connectivity index (χ4n) is 7.47. The van der Waals surface area contributed by atoms with Crippen LogP contribution in [0.3, 0.4) is 0 Å². The van der Waals surface area contributed by atoms with Gasteiger partial charge >= 0.3 is 0 Å². The van der Waals surface area contributed by atoms with E-state index in [1.807, 2.05) is 109 Å². The van der Waals surface area contributed by atoms with E-state index in [2.05, 4.69) is 11.1 Å². The van der Waals surface area contributed by atoms with Crippen LogP contribution in [0.5, 0.6) is 0 Å². The summed E-state index contributed by atoms with van der Waals surface area (Å²) in [6.45, 7) is 0. The summed E-state index contributed by atoms with van der Waals surface area (Å²) in [5, 5.41) is 2.18. The molecule has 0 N–H and O–H groups in total. The molecule has 0 atom stereocenters. The zero-order valence-electron chi connectivity index (χ0n) is 36.5. The Balaban J connectivity index is 1.15. The van der Waals surface area contributed by atoms with Crippen LogP contribution in [0.25, 0.3) is 106 Å². The molecule has 0 spiro atoms. The second kappa shape index (κ2) is 13.0. The van der Waals surface area contributed by atoms with E-state index in [-0.39, 0.29) is 57.8 Å². The molecule has 4 aromatic heterocycles. The number of hydrogen-bond donors (Lipinski definition) is 0. The fraction of sp³-hybridized carbons (Fsp3) is 0. The number of pyridine rings is 1. The highest BCUT2D eigenvalue weighted by Gasteiger charge is 2.20.